The molecule has 2 fully saturated rings. The van der Waals surface area contributed by atoms with Gasteiger partial charge in [0.15, 0.2) is 6.10 Å². The fourth-order valence-electron chi connectivity index (χ4n) is 2.81. The Hall–Kier alpha value is -0.770. The smallest absolute Gasteiger partial charge is 0.337 e. The van der Waals surface area contributed by atoms with E-state index in [0.717, 1.165) is 0 Å². The van der Waals surface area contributed by atoms with Gasteiger partial charge in [-0.1, -0.05) is 0 Å². The molecule has 2 saturated heterocycles. The van der Waals surface area contributed by atoms with E-state index in [1.807, 2.05) is 13.8 Å². The molecule has 8 nitrogen and oxygen atoms in total. The van der Waals surface area contributed by atoms with Gasteiger partial charge in [-0.05, 0) is 13.8 Å². The predicted octanol–water partition coefficient (Wildman–Crippen LogP) is -0.769. The first-order valence-corrected chi connectivity index (χ1v) is 7.66. The van der Waals surface area contributed by atoms with Crippen LogP contribution in [0, 0.1) is 0 Å². The lowest BCUT2D eigenvalue weighted by Gasteiger charge is -2.28. The molecule has 2 aliphatic rings. The van der Waals surface area contributed by atoms with E-state index in [0.29, 0.717) is 12.8 Å². The Morgan fingerprint density at radius 1 is 1.22 bits per heavy atom. The molecule has 6 atom stereocenters. The highest BCUT2D eigenvalue weighted by Crippen LogP contribution is 2.30. The van der Waals surface area contributed by atoms with Crippen LogP contribution in [0.2, 0.25) is 0 Å². The van der Waals surface area contributed by atoms with Crippen LogP contribution in [0.3, 0.4) is 0 Å². The van der Waals surface area contributed by atoms with E-state index in [4.69, 9.17) is 19.3 Å². The fraction of sp³-hybridized carbons (Fsp3) is 0.933. The highest BCUT2D eigenvalue weighted by Gasteiger charge is 2.46. The van der Waals surface area contributed by atoms with Gasteiger partial charge in [-0.25, -0.2) is 4.79 Å². The Labute approximate surface area is 136 Å². The summed E-state index contributed by atoms with van der Waals surface area (Å²) in [5, 5.41) is 27.9. The molecule has 3 N–H and O–H groups in total. The van der Waals surface area contributed by atoms with Gasteiger partial charge in [0.25, 0.3) is 0 Å². The number of hydrogen-bond donors (Lipinski definition) is 3. The summed E-state index contributed by atoms with van der Waals surface area (Å²) in [7, 11) is 2.80. The zero-order chi connectivity index (χ0) is 17.6. The van der Waals surface area contributed by atoms with E-state index >= 15 is 0 Å². The third-order valence-electron chi connectivity index (χ3n) is 3.99. The minimum absolute atomic E-state index is 0.0118. The van der Waals surface area contributed by atoms with Crippen molar-refractivity contribution in [2.24, 2.45) is 0 Å². The van der Waals surface area contributed by atoms with Gasteiger partial charge in [0, 0.05) is 20.0 Å². The summed E-state index contributed by atoms with van der Waals surface area (Å²) >= 11 is 0. The number of aliphatic hydroxyl groups excluding tert-OH is 3. The van der Waals surface area contributed by atoms with Crippen molar-refractivity contribution in [2.75, 3.05) is 27.4 Å². The summed E-state index contributed by atoms with van der Waals surface area (Å²) in [4.78, 5) is 10.9. The van der Waals surface area contributed by atoms with E-state index in [2.05, 4.69) is 4.74 Å². The number of aliphatic hydroxyl groups is 3. The molecule has 0 aromatic heterocycles. The summed E-state index contributed by atoms with van der Waals surface area (Å²) in [6.45, 7) is 3.71. The third kappa shape index (κ3) is 5.10. The topological polar surface area (TPSA) is 115 Å². The molecule has 23 heavy (non-hydrogen) atoms. The van der Waals surface area contributed by atoms with Crippen molar-refractivity contribution in [1.82, 2.24) is 0 Å². The first-order valence-electron chi connectivity index (χ1n) is 7.66. The first kappa shape index (κ1) is 20.3. The maximum Gasteiger partial charge on any atom is 0.337 e. The van der Waals surface area contributed by atoms with Crippen molar-refractivity contribution in [1.29, 1.82) is 0 Å². The van der Waals surface area contributed by atoms with Crippen LogP contribution in [0.4, 0.5) is 0 Å². The maximum absolute atomic E-state index is 10.9. The number of rotatable bonds is 4. The number of methoxy groups -OCH3 is 2. The van der Waals surface area contributed by atoms with Gasteiger partial charge in [0.05, 0.1) is 44.7 Å². The summed E-state index contributed by atoms with van der Waals surface area (Å²) in [5.74, 6) is -0.498. The molecule has 0 aromatic carbocycles. The van der Waals surface area contributed by atoms with Crippen molar-refractivity contribution in [2.45, 2.75) is 62.8 Å². The second kappa shape index (κ2) is 8.91. The molecule has 2 heterocycles. The first-order chi connectivity index (χ1) is 10.8. The largest absolute Gasteiger partial charge is 0.467 e. The predicted molar refractivity (Wildman–Crippen MR) is 79.8 cm³/mol. The molecule has 0 bridgehead atoms. The summed E-state index contributed by atoms with van der Waals surface area (Å²) in [6, 6.07) is 0. The van der Waals surface area contributed by atoms with Crippen molar-refractivity contribution in [3.63, 3.8) is 0 Å². The van der Waals surface area contributed by atoms with Gasteiger partial charge >= 0.3 is 5.97 Å². The molecule has 0 saturated carbocycles. The van der Waals surface area contributed by atoms with Gasteiger partial charge in [0.2, 0.25) is 0 Å². The second-order valence-electron chi connectivity index (χ2n) is 6.03. The Morgan fingerprint density at radius 3 is 2.22 bits per heavy atom. The summed E-state index contributed by atoms with van der Waals surface area (Å²) < 4.78 is 19.9. The van der Waals surface area contributed by atoms with Gasteiger partial charge in [-0.3, -0.25) is 0 Å². The van der Waals surface area contributed by atoms with Crippen LogP contribution in [0.25, 0.3) is 0 Å². The van der Waals surface area contributed by atoms with E-state index in [9.17, 15) is 15.0 Å². The highest BCUT2D eigenvalue weighted by molar-refractivity contribution is 5.75. The van der Waals surface area contributed by atoms with E-state index in [1.54, 1.807) is 0 Å². The maximum atomic E-state index is 10.9. The molecule has 0 spiro atoms. The van der Waals surface area contributed by atoms with Crippen LogP contribution in [-0.2, 0) is 23.7 Å². The van der Waals surface area contributed by atoms with E-state index < -0.39 is 29.9 Å². The van der Waals surface area contributed by atoms with Crippen LogP contribution < -0.4 is 0 Å². The molecule has 2 unspecified atom stereocenters. The molecule has 0 amide bonds. The number of esters is 1. The lowest BCUT2D eigenvalue weighted by atomic mass is 9.98. The van der Waals surface area contributed by atoms with Crippen molar-refractivity contribution in [3.05, 3.63) is 0 Å². The molecule has 136 valence electrons. The lowest BCUT2D eigenvalue weighted by Crippen LogP contribution is -2.47. The third-order valence-corrected chi connectivity index (χ3v) is 3.99. The Bertz CT molecular complexity index is 376. The zero-order valence-electron chi connectivity index (χ0n) is 14.1. The van der Waals surface area contributed by atoms with Crippen LogP contribution in [-0.4, -0.2) is 84.8 Å². The Balaban J connectivity index is 0.000000231. The number of hydrogen-bond acceptors (Lipinski definition) is 8. The zero-order valence-corrected chi connectivity index (χ0v) is 14.1. The van der Waals surface area contributed by atoms with Crippen molar-refractivity contribution < 1.29 is 39.1 Å². The van der Waals surface area contributed by atoms with Gasteiger partial charge in [-0.15, -0.1) is 0 Å². The van der Waals surface area contributed by atoms with Gasteiger partial charge in [0.1, 0.15) is 5.60 Å². The monoisotopic (exact) mass is 336 g/mol. The van der Waals surface area contributed by atoms with Crippen LogP contribution in [0.15, 0.2) is 0 Å². The highest BCUT2D eigenvalue weighted by atomic mass is 16.6. The average Bonchev–Trinajstić information content (AvgIpc) is 2.98. The minimum atomic E-state index is -0.895. The molecule has 8 heteroatoms. The van der Waals surface area contributed by atoms with Crippen molar-refractivity contribution >= 4 is 5.97 Å². The quantitative estimate of drug-likeness (QED) is 0.574. The molecular formula is C15H28O8. The normalized spacial score (nSPS) is 39.7. The second-order valence-corrected chi connectivity index (χ2v) is 6.03. The van der Waals surface area contributed by atoms with E-state index in [1.165, 1.54) is 14.2 Å². The molecular weight excluding hydrogens is 308 g/mol. The standard InChI is InChI=1S/C8H16O4.C7H12O4/c1-6-3-7(10)8(4-9,12-6)5-11-2;1-4-3-5(8)6(11-4)7(9)10-2/h6-7,9-10H,3-5H2,1-2H3;4-6,8H,3H2,1-2H3/t6-,7?,8+;4-,5?,6-/m00/s1. The average molecular weight is 336 g/mol. The Kier molecular flexibility index (Phi) is 7.85. The van der Waals surface area contributed by atoms with Crippen molar-refractivity contribution in [3.8, 4) is 0 Å². The van der Waals surface area contributed by atoms with Gasteiger partial charge in [-0.2, -0.15) is 0 Å². The molecule has 2 rings (SSSR count). The van der Waals surface area contributed by atoms with Crippen LogP contribution >= 0.6 is 0 Å². The molecule has 2 aliphatic heterocycles. The lowest BCUT2D eigenvalue weighted by molar-refractivity contribution is -0.156. The van der Waals surface area contributed by atoms with Crippen LogP contribution in [0.1, 0.15) is 26.7 Å². The van der Waals surface area contributed by atoms with Gasteiger partial charge < -0.3 is 34.3 Å². The molecule has 0 radical (unpaired) electrons. The summed E-state index contributed by atoms with van der Waals surface area (Å²) in [6.07, 6.45) is -1.13. The summed E-state index contributed by atoms with van der Waals surface area (Å²) in [5.41, 5.74) is -0.895. The number of carbonyl (C=O) groups is 1. The number of ether oxygens (including phenoxy) is 4. The molecule has 0 aliphatic carbocycles. The fourth-order valence-corrected chi connectivity index (χ4v) is 2.81. The van der Waals surface area contributed by atoms with Crippen LogP contribution in [0.5, 0.6) is 0 Å². The van der Waals surface area contributed by atoms with E-state index in [-0.39, 0.29) is 25.4 Å². The molecule has 0 aromatic rings. The SMILES string of the molecule is COC(=O)[C@H]1O[C@@H](C)CC1O.COC[C@@]1(CO)O[C@@H](C)CC1O. The Morgan fingerprint density at radius 2 is 1.87 bits per heavy atom. The number of carbonyl (C=O) groups excluding carboxylic acids is 1. The minimum Gasteiger partial charge on any atom is -0.467 e.